The van der Waals surface area contributed by atoms with Gasteiger partial charge in [-0.2, -0.15) is 0 Å². The van der Waals surface area contributed by atoms with E-state index in [2.05, 4.69) is 6.92 Å². The van der Waals surface area contributed by atoms with Crippen molar-refractivity contribution in [3.63, 3.8) is 0 Å². The van der Waals surface area contributed by atoms with Crippen molar-refractivity contribution < 1.29 is 19.7 Å². The average Bonchev–Trinajstić information content (AvgIpc) is 2.45. The summed E-state index contributed by atoms with van der Waals surface area (Å²) in [4.78, 5) is 11.6. The van der Waals surface area contributed by atoms with E-state index in [4.69, 9.17) is 20.7 Å². The number of hydrogen-bond donors (Lipinski definition) is 3. The number of hydrogen-bond acceptors (Lipinski definition) is 5. The predicted molar refractivity (Wildman–Crippen MR) is 95.5 cm³/mol. The molecule has 4 N–H and O–H groups in total. The first-order chi connectivity index (χ1) is 10.5. The highest BCUT2D eigenvalue weighted by atomic mass is 35.5. The lowest BCUT2D eigenvalue weighted by molar-refractivity contribution is -0.150. The number of nitrogens with two attached hydrogens (primary N) is 1. The Morgan fingerprint density at radius 1 is 1.00 bits per heavy atom. The first-order valence-electron chi connectivity index (χ1n) is 8.78. The molecule has 5 nitrogen and oxygen atoms in total. The molecule has 23 heavy (non-hydrogen) atoms. The van der Waals surface area contributed by atoms with E-state index in [0.29, 0.717) is 6.42 Å². The minimum absolute atomic E-state index is 0. The van der Waals surface area contributed by atoms with Crippen molar-refractivity contribution >= 4 is 18.4 Å². The highest BCUT2D eigenvalue weighted by Gasteiger charge is 2.17. The fourth-order valence-corrected chi connectivity index (χ4v) is 2.42. The van der Waals surface area contributed by atoms with Crippen molar-refractivity contribution in [2.24, 2.45) is 5.73 Å². The SMILES string of the molecule is CCCCCCCCCCCC(=O)OC(C)CC(N)C(O)O.Cl. The number of esters is 1. The van der Waals surface area contributed by atoms with E-state index in [9.17, 15) is 4.79 Å². The first-order valence-corrected chi connectivity index (χ1v) is 8.78. The highest BCUT2D eigenvalue weighted by molar-refractivity contribution is 5.85. The van der Waals surface area contributed by atoms with Crippen LogP contribution >= 0.6 is 12.4 Å². The molecule has 0 aromatic heterocycles. The Hall–Kier alpha value is -0.360. The lowest BCUT2D eigenvalue weighted by atomic mass is 10.1. The van der Waals surface area contributed by atoms with Gasteiger partial charge in [0.2, 0.25) is 0 Å². The van der Waals surface area contributed by atoms with Crippen LogP contribution in [0.3, 0.4) is 0 Å². The lowest BCUT2D eigenvalue weighted by Crippen LogP contribution is -2.37. The van der Waals surface area contributed by atoms with Crippen LogP contribution in [0.2, 0.25) is 0 Å². The van der Waals surface area contributed by atoms with Gasteiger partial charge < -0.3 is 20.7 Å². The molecule has 0 fully saturated rings. The van der Waals surface area contributed by atoms with Crippen molar-refractivity contribution in [2.75, 3.05) is 0 Å². The molecular weight excluding hydrogens is 318 g/mol. The van der Waals surface area contributed by atoms with E-state index in [0.717, 1.165) is 12.8 Å². The van der Waals surface area contributed by atoms with Gasteiger partial charge in [-0.3, -0.25) is 4.79 Å². The number of aliphatic hydroxyl groups is 2. The van der Waals surface area contributed by atoms with Crippen molar-refractivity contribution in [1.29, 1.82) is 0 Å². The van der Waals surface area contributed by atoms with Crippen LogP contribution in [-0.2, 0) is 9.53 Å². The summed E-state index contributed by atoms with van der Waals surface area (Å²) < 4.78 is 5.20. The summed E-state index contributed by atoms with van der Waals surface area (Å²) in [7, 11) is 0. The number of carbonyl (C=O) groups is 1. The molecule has 2 atom stereocenters. The molecule has 0 saturated carbocycles. The van der Waals surface area contributed by atoms with Crippen LogP contribution in [0.5, 0.6) is 0 Å². The molecule has 0 aliphatic heterocycles. The lowest BCUT2D eigenvalue weighted by Gasteiger charge is -2.19. The minimum Gasteiger partial charge on any atom is -0.463 e. The van der Waals surface area contributed by atoms with Gasteiger partial charge in [0.25, 0.3) is 0 Å². The Morgan fingerprint density at radius 3 is 1.96 bits per heavy atom. The molecule has 0 amide bonds. The molecular formula is C17H36ClNO4. The summed E-state index contributed by atoms with van der Waals surface area (Å²) in [5.41, 5.74) is 5.50. The average molecular weight is 354 g/mol. The van der Waals surface area contributed by atoms with E-state index < -0.39 is 12.3 Å². The van der Waals surface area contributed by atoms with E-state index in [-0.39, 0.29) is 30.9 Å². The quantitative estimate of drug-likeness (QED) is 0.253. The molecule has 0 aliphatic carbocycles. The summed E-state index contributed by atoms with van der Waals surface area (Å²) in [5, 5.41) is 17.8. The summed E-state index contributed by atoms with van der Waals surface area (Å²) >= 11 is 0. The summed E-state index contributed by atoms with van der Waals surface area (Å²) in [5.74, 6) is -0.227. The van der Waals surface area contributed by atoms with E-state index >= 15 is 0 Å². The number of unbranched alkanes of at least 4 members (excludes halogenated alkanes) is 8. The molecule has 0 bridgehead atoms. The minimum atomic E-state index is -1.57. The summed E-state index contributed by atoms with van der Waals surface area (Å²) in [6.45, 7) is 3.94. The van der Waals surface area contributed by atoms with Gasteiger partial charge >= 0.3 is 5.97 Å². The maximum atomic E-state index is 11.6. The molecule has 0 radical (unpaired) electrons. The smallest absolute Gasteiger partial charge is 0.306 e. The van der Waals surface area contributed by atoms with Crippen molar-refractivity contribution in [2.45, 2.75) is 103 Å². The van der Waals surface area contributed by atoms with Gasteiger partial charge in [-0.1, -0.05) is 58.3 Å². The van der Waals surface area contributed by atoms with Gasteiger partial charge in [0.15, 0.2) is 6.29 Å². The normalized spacial score (nSPS) is 13.5. The summed E-state index contributed by atoms with van der Waals surface area (Å²) in [6, 6.07) is -0.782. The fraction of sp³-hybridized carbons (Fsp3) is 0.941. The second-order valence-electron chi connectivity index (χ2n) is 6.19. The first kappa shape index (κ1) is 24.9. The van der Waals surface area contributed by atoms with Crippen LogP contribution in [0.15, 0.2) is 0 Å². The van der Waals surface area contributed by atoms with Crippen LogP contribution in [0, 0.1) is 0 Å². The Balaban J connectivity index is 0. The zero-order valence-corrected chi connectivity index (χ0v) is 15.5. The van der Waals surface area contributed by atoms with Gasteiger partial charge in [-0.25, -0.2) is 0 Å². The third kappa shape index (κ3) is 16.3. The second-order valence-corrected chi connectivity index (χ2v) is 6.19. The maximum Gasteiger partial charge on any atom is 0.306 e. The number of carbonyl (C=O) groups excluding carboxylic acids is 1. The monoisotopic (exact) mass is 353 g/mol. The van der Waals surface area contributed by atoms with Crippen molar-refractivity contribution in [3.05, 3.63) is 0 Å². The second kappa shape index (κ2) is 16.5. The molecule has 0 heterocycles. The van der Waals surface area contributed by atoms with Crippen LogP contribution in [0.25, 0.3) is 0 Å². The van der Waals surface area contributed by atoms with Gasteiger partial charge in [0.1, 0.15) is 6.10 Å². The number of halogens is 1. The van der Waals surface area contributed by atoms with E-state index in [1.165, 1.54) is 44.9 Å². The van der Waals surface area contributed by atoms with Crippen LogP contribution < -0.4 is 5.73 Å². The maximum absolute atomic E-state index is 11.6. The predicted octanol–water partition coefficient (Wildman–Crippen LogP) is 3.29. The third-order valence-electron chi connectivity index (χ3n) is 3.80. The molecule has 0 aromatic carbocycles. The van der Waals surface area contributed by atoms with E-state index in [1.54, 1.807) is 6.92 Å². The Kier molecular flexibility index (Phi) is 17.8. The molecule has 0 saturated heterocycles. The van der Waals surface area contributed by atoms with Gasteiger partial charge in [-0.05, 0) is 13.3 Å². The van der Waals surface area contributed by atoms with Gasteiger partial charge in [0, 0.05) is 12.8 Å². The number of aliphatic hydroxyl groups excluding tert-OH is 1. The largest absolute Gasteiger partial charge is 0.463 e. The molecule has 0 rings (SSSR count). The molecule has 2 unspecified atom stereocenters. The van der Waals surface area contributed by atoms with E-state index in [1.807, 2.05) is 0 Å². The topological polar surface area (TPSA) is 92.8 Å². The number of rotatable bonds is 14. The highest BCUT2D eigenvalue weighted by Crippen LogP contribution is 2.11. The number of ether oxygens (including phenoxy) is 1. The van der Waals surface area contributed by atoms with Gasteiger partial charge in [0.05, 0.1) is 6.04 Å². The molecule has 0 aromatic rings. The zero-order chi connectivity index (χ0) is 16.8. The van der Waals surface area contributed by atoms with Crippen molar-refractivity contribution in [3.8, 4) is 0 Å². The fourth-order valence-electron chi connectivity index (χ4n) is 2.42. The Labute approximate surface area is 147 Å². The Morgan fingerprint density at radius 2 is 1.48 bits per heavy atom. The van der Waals surface area contributed by atoms with Crippen LogP contribution in [-0.4, -0.2) is 34.6 Å². The summed E-state index contributed by atoms with van der Waals surface area (Å²) in [6.07, 6.45) is 9.64. The molecule has 0 aliphatic rings. The molecule has 6 heteroatoms. The Bertz CT molecular complexity index is 277. The zero-order valence-electron chi connectivity index (χ0n) is 14.7. The standard InChI is InChI=1S/C17H35NO4.ClH/c1-3-4-5-6-7-8-9-10-11-12-16(19)22-14(2)13-15(18)17(20)21;/h14-15,17,20-21H,3-13,18H2,1-2H3;1H. The molecule has 0 spiro atoms. The third-order valence-corrected chi connectivity index (χ3v) is 3.80. The molecule has 140 valence electrons. The van der Waals surface area contributed by atoms with Gasteiger partial charge in [-0.15, -0.1) is 12.4 Å². The van der Waals surface area contributed by atoms with Crippen LogP contribution in [0.4, 0.5) is 0 Å². The van der Waals surface area contributed by atoms with Crippen molar-refractivity contribution in [1.82, 2.24) is 0 Å². The van der Waals surface area contributed by atoms with Crippen LogP contribution in [0.1, 0.15) is 84.5 Å².